The van der Waals surface area contributed by atoms with Crippen LogP contribution in [0, 0.1) is 11.3 Å². The summed E-state index contributed by atoms with van der Waals surface area (Å²) in [5.74, 6) is 1.42. The largest absolute Gasteiger partial charge is 0.361 e. The zero-order chi connectivity index (χ0) is 8.85. The fraction of sp³-hybridized carbons (Fsp3) is 0.889. The molecule has 11 heavy (non-hydrogen) atoms. The Morgan fingerprint density at radius 1 is 1.36 bits per heavy atom. The molecule has 1 N–H and O–H groups in total. The van der Waals surface area contributed by atoms with Gasteiger partial charge in [0.2, 0.25) is 0 Å². The van der Waals surface area contributed by atoms with E-state index in [9.17, 15) is 0 Å². The zero-order valence-electron chi connectivity index (χ0n) is 8.15. The summed E-state index contributed by atoms with van der Waals surface area (Å²) in [6.45, 7) is 10.5. The smallest absolute Gasteiger partial charge is 0.0954 e. The molecule has 66 valence electrons. The molecule has 0 spiro atoms. The number of rotatable bonds is 4. The summed E-state index contributed by atoms with van der Waals surface area (Å²) in [5, 5.41) is 7.61. The monoisotopic (exact) mass is 156 g/mol. The quantitative estimate of drug-likeness (QED) is 0.491. The summed E-state index contributed by atoms with van der Waals surface area (Å²) < 4.78 is 0. The zero-order valence-corrected chi connectivity index (χ0v) is 8.15. The first kappa shape index (κ1) is 10.5. The van der Waals surface area contributed by atoms with E-state index in [1.54, 1.807) is 0 Å². The van der Waals surface area contributed by atoms with Crippen LogP contribution in [0.4, 0.5) is 0 Å². The minimum atomic E-state index is 0.654. The first-order valence-corrected chi connectivity index (χ1v) is 4.44. The Hall–Kier alpha value is -0.530. The Bertz CT molecular complexity index is 119. The second-order valence-corrected chi connectivity index (χ2v) is 3.23. The minimum absolute atomic E-state index is 0.654. The molecule has 0 saturated heterocycles. The highest BCUT2D eigenvalue weighted by molar-refractivity contribution is 5.78. The molecule has 0 amide bonds. The van der Waals surface area contributed by atoms with Gasteiger partial charge < -0.3 is 4.90 Å². The topological polar surface area (TPSA) is 27.1 Å². The molecule has 0 aliphatic heterocycles. The Morgan fingerprint density at radius 2 is 1.91 bits per heavy atom. The van der Waals surface area contributed by atoms with Crippen molar-refractivity contribution in [3.8, 4) is 0 Å². The molecular formula is C9H20N2. The summed E-state index contributed by atoms with van der Waals surface area (Å²) in [5.41, 5.74) is 0. The molecule has 0 aromatic heterocycles. The van der Waals surface area contributed by atoms with Gasteiger partial charge in [-0.05, 0) is 12.8 Å². The highest BCUT2D eigenvalue weighted by atomic mass is 15.2. The third-order valence-corrected chi connectivity index (χ3v) is 1.68. The van der Waals surface area contributed by atoms with Gasteiger partial charge in [-0.1, -0.05) is 20.8 Å². The van der Waals surface area contributed by atoms with Crippen molar-refractivity contribution in [1.82, 2.24) is 4.90 Å². The number of nitrogens with one attached hydrogen (secondary N) is 1. The average molecular weight is 156 g/mol. The SMILES string of the molecule is CCC(=N)N(CC)CC(C)C. The van der Waals surface area contributed by atoms with Crippen LogP contribution in [-0.2, 0) is 0 Å². The van der Waals surface area contributed by atoms with E-state index < -0.39 is 0 Å². The van der Waals surface area contributed by atoms with Gasteiger partial charge in [-0.15, -0.1) is 0 Å². The van der Waals surface area contributed by atoms with Crippen LogP contribution in [0.1, 0.15) is 34.1 Å². The van der Waals surface area contributed by atoms with Gasteiger partial charge in [0, 0.05) is 19.5 Å². The maximum atomic E-state index is 7.61. The van der Waals surface area contributed by atoms with Crippen molar-refractivity contribution in [2.75, 3.05) is 13.1 Å². The molecule has 0 atom stereocenters. The lowest BCUT2D eigenvalue weighted by Gasteiger charge is -2.24. The summed E-state index contributed by atoms with van der Waals surface area (Å²) in [6, 6.07) is 0. The van der Waals surface area contributed by atoms with Crippen molar-refractivity contribution in [3.63, 3.8) is 0 Å². The van der Waals surface area contributed by atoms with Crippen LogP contribution in [0.15, 0.2) is 0 Å². The lowest BCUT2D eigenvalue weighted by atomic mass is 10.2. The van der Waals surface area contributed by atoms with E-state index in [2.05, 4.69) is 25.7 Å². The second-order valence-electron chi connectivity index (χ2n) is 3.23. The summed E-state index contributed by atoms with van der Waals surface area (Å²) in [4.78, 5) is 2.13. The predicted octanol–water partition coefficient (Wildman–Crippen LogP) is 2.35. The Morgan fingerprint density at radius 3 is 2.18 bits per heavy atom. The van der Waals surface area contributed by atoms with E-state index in [4.69, 9.17) is 5.41 Å². The number of hydrogen-bond acceptors (Lipinski definition) is 1. The predicted molar refractivity (Wildman–Crippen MR) is 50.1 cm³/mol. The normalized spacial score (nSPS) is 10.3. The third kappa shape index (κ3) is 4.02. The first-order valence-electron chi connectivity index (χ1n) is 4.44. The molecule has 0 aliphatic rings. The molecule has 0 unspecified atom stereocenters. The van der Waals surface area contributed by atoms with Crippen LogP contribution in [0.2, 0.25) is 0 Å². The molecule has 0 aromatic carbocycles. The molecule has 0 saturated carbocycles. The molecule has 0 radical (unpaired) electrons. The summed E-state index contributed by atoms with van der Waals surface area (Å²) in [7, 11) is 0. The van der Waals surface area contributed by atoms with Crippen molar-refractivity contribution in [2.24, 2.45) is 5.92 Å². The molecule has 0 aromatic rings. The van der Waals surface area contributed by atoms with Crippen molar-refractivity contribution in [3.05, 3.63) is 0 Å². The third-order valence-electron chi connectivity index (χ3n) is 1.68. The van der Waals surface area contributed by atoms with E-state index in [1.165, 1.54) is 0 Å². The fourth-order valence-electron chi connectivity index (χ4n) is 1.09. The van der Waals surface area contributed by atoms with Gasteiger partial charge in [-0.25, -0.2) is 0 Å². The van der Waals surface area contributed by atoms with Crippen molar-refractivity contribution in [1.29, 1.82) is 5.41 Å². The Kier molecular flexibility index (Phi) is 4.92. The molecule has 0 bridgehead atoms. The molecule has 0 aliphatic carbocycles. The molecule has 0 heterocycles. The number of amidine groups is 1. The summed E-state index contributed by atoms with van der Waals surface area (Å²) >= 11 is 0. The van der Waals surface area contributed by atoms with E-state index in [1.807, 2.05) is 6.92 Å². The van der Waals surface area contributed by atoms with Crippen LogP contribution in [-0.4, -0.2) is 23.8 Å². The molecule has 0 rings (SSSR count). The van der Waals surface area contributed by atoms with Crippen LogP contribution >= 0.6 is 0 Å². The van der Waals surface area contributed by atoms with E-state index in [0.717, 1.165) is 25.3 Å². The van der Waals surface area contributed by atoms with Crippen LogP contribution < -0.4 is 0 Å². The molecule has 2 heteroatoms. The minimum Gasteiger partial charge on any atom is -0.361 e. The molecule has 2 nitrogen and oxygen atoms in total. The van der Waals surface area contributed by atoms with Crippen molar-refractivity contribution < 1.29 is 0 Å². The van der Waals surface area contributed by atoms with Gasteiger partial charge in [-0.3, -0.25) is 5.41 Å². The van der Waals surface area contributed by atoms with E-state index in [0.29, 0.717) is 5.92 Å². The van der Waals surface area contributed by atoms with Gasteiger partial charge in [0.05, 0.1) is 5.84 Å². The maximum Gasteiger partial charge on any atom is 0.0954 e. The van der Waals surface area contributed by atoms with Crippen LogP contribution in [0.25, 0.3) is 0 Å². The second kappa shape index (κ2) is 5.16. The van der Waals surface area contributed by atoms with Gasteiger partial charge in [0.1, 0.15) is 0 Å². The molecule has 0 fully saturated rings. The van der Waals surface area contributed by atoms with Gasteiger partial charge in [0.15, 0.2) is 0 Å². The highest BCUT2D eigenvalue weighted by Crippen LogP contribution is 2.00. The number of hydrogen-bond donors (Lipinski definition) is 1. The summed E-state index contributed by atoms with van der Waals surface area (Å²) in [6.07, 6.45) is 0.848. The standard InChI is InChI=1S/C9H20N2/c1-5-9(10)11(6-2)7-8(3)4/h8,10H,5-7H2,1-4H3. The highest BCUT2D eigenvalue weighted by Gasteiger charge is 2.06. The fourth-order valence-corrected chi connectivity index (χ4v) is 1.09. The Balaban J connectivity index is 3.84. The van der Waals surface area contributed by atoms with Crippen LogP contribution in [0.3, 0.4) is 0 Å². The average Bonchev–Trinajstić information content (AvgIpc) is 1.98. The Labute approximate surface area is 70.1 Å². The van der Waals surface area contributed by atoms with Gasteiger partial charge in [0.25, 0.3) is 0 Å². The van der Waals surface area contributed by atoms with E-state index >= 15 is 0 Å². The van der Waals surface area contributed by atoms with Crippen molar-refractivity contribution in [2.45, 2.75) is 34.1 Å². The maximum absolute atomic E-state index is 7.61. The van der Waals surface area contributed by atoms with Gasteiger partial charge in [-0.2, -0.15) is 0 Å². The first-order chi connectivity index (χ1) is 5.11. The lowest BCUT2D eigenvalue weighted by Crippen LogP contribution is -2.32. The molecular weight excluding hydrogens is 136 g/mol. The van der Waals surface area contributed by atoms with Gasteiger partial charge >= 0.3 is 0 Å². The lowest BCUT2D eigenvalue weighted by molar-refractivity contribution is 0.373. The van der Waals surface area contributed by atoms with Crippen molar-refractivity contribution >= 4 is 5.84 Å². The number of nitrogens with zero attached hydrogens (tertiary/aromatic N) is 1. The van der Waals surface area contributed by atoms with Crippen LogP contribution in [0.5, 0.6) is 0 Å². The van der Waals surface area contributed by atoms with E-state index in [-0.39, 0.29) is 0 Å².